The van der Waals surface area contributed by atoms with Crippen LogP contribution in [0.15, 0.2) is 35.3 Å². The molecule has 2 heterocycles. The molecule has 5 heteroatoms. The average Bonchev–Trinajstić information content (AvgIpc) is 2.85. The summed E-state index contributed by atoms with van der Waals surface area (Å²) in [6.07, 6.45) is 5.03. The van der Waals surface area contributed by atoms with Crippen LogP contribution >= 0.6 is 0 Å². The minimum absolute atomic E-state index is 0.0912. The van der Waals surface area contributed by atoms with Crippen molar-refractivity contribution in [1.82, 2.24) is 9.55 Å². The van der Waals surface area contributed by atoms with E-state index in [-0.39, 0.29) is 6.42 Å². The molecule has 0 saturated carbocycles. The summed E-state index contributed by atoms with van der Waals surface area (Å²) < 4.78 is 6.89. The second-order valence-corrected chi connectivity index (χ2v) is 3.12. The van der Waals surface area contributed by atoms with Crippen LogP contribution in [0.25, 0.3) is 11.5 Å². The lowest BCUT2D eigenvalue weighted by Crippen LogP contribution is -2.02. The summed E-state index contributed by atoms with van der Waals surface area (Å²) in [5.74, 6) is -0.132. The van der Waals surface area contributed by atoms with E-state index in [1.807, 2.05) is 6.07 Å². The predicted molar refractivity (Wildman–Crippen MR) is 52.2 cm³/mol. The van der Waals surface area contributed by atoms with Gasteiger partial charge in [-0.05, 0) is 12.1 Å². The molecule has 0 spiro atoms. The zero-order valence-electron chi connectivity index (χ0n) is 7.96. The molecular weight excluding hydrogens is 196 g/mol. The van der Waals surface area contributed by atoms with Crippen molar-refractivity contribution in [2.75, 3.05) is 0 Å². The Balaban J connectivity index is 2.08. The van der Waals surface area contributed by atoms with Crippen molar-refractivity contribution in [3.05, 3.63) is 30.9 Å². The van der Waals surface area contributed by atoms with Gasteiger partial charge in [0.2, 0.25) is 0 Å². The summed E-state index contributed by atoms with van der Waals surface area (Å²) in [5, 5.41) is 8.51. The lowest BCUT2D eigenvalue weighted by molar-refractivity contribution is -0.137. The predicted octanol–water partition coefficient (Wildman–Crippen LogP) is 1.62. The molecule has 0 unspecified atom stereocenters. The number of hydrogen-bond donors (Lipinski definition) is 1. The summed E-state index contributed by atoms with van der Waals surface area (Å²) in [6, 6.07) is 3.59. The van der Waals surface area contributed by atoms with Gasteiger partial charge in [-0.2, -0.15) is 0 Å². The van der Waals surface area contributed by atoms with Crippen LogP contribution in [-0.2, 0) is 11.3 Å². The molecule has 2 aromatic heterocycles. The third-order valence-corrected chi connectivity index (χ3v) is 1.99. The normalized spacial score (nSPS) is 10.4. The molecule has 78 valence electrons. The average molecular weight is 206 g/mol. The Bertz CT molecular complexity index is 445. The Kier molecular flexibility index (Phi) is 2.53. The highest BCUT2D eigenvalue weighted by molar-refractivity contribution is 5.66. The second-order valence-electron chi connectivity index (χ2n) is 3.12. The quantitative estimate of drug-likeness (QED) is 0.825. The van der Waals surface area contributed by atoms with Gasteiger partial charge in [-0.15, -0.1) is 0 Å². The minimum Gasteiger partial charge on any atom is -0.481 e. The van der Waals surface area contributed by atoms with Crippen LogP contribution in [0.5, 0.6) is 0 Å². The van der Waals surface area contributed by atoms with E-state index in [9.17, 15) is 4.79 Å². The van der Waals surface area contributed by atoms with E-state index >= 15 is 0 Å². The molecule has 0 aromatic carbocycles. The van der Waals surface area contributed by atoms with E-state index in [1.54, 1.807) is 29.4 Å². The molecule has 0 atom stereocenters. The smallest absolute Gasteiger partial charge is 0.305 e. The van der Waals surface area contributed by atoms with Crippen molar-refractivity contribution < 1.29 is 14.3 Å². The molecule has 0 aliphatic rings. The first-order valence-electron chi connectivity index (χ1n) is 4.53. The maximum absolute atomic E-state index is 10.4. The number of nitrogens with zero attached hydrogens (tertiary/aromatic N) is 2. The van der Waals surface area contributed by atoms with Crippen LogP contribution in [0.2, 0.25) is 0 Å². The number of rotatable bonds is 4. The molecule has 0 amide bonds. The van der Waals surface area contributed by atoms with Crippen LogP contribution < -0.4 is 0 Å². The number of aryl methyl sites for hydroxylation is 1. The number of hydrogen-bond acceptors (Lipinski definition) is 3. The molecule has 0 saturated heterocycles. The van der Waals surface area contributed by atoms with E-state index in [0.29, 0.717) is 18.0 Å². The molecule has 0 bridgehead atoms. The van der Waals surface area contributed by atoms with Crippen molar-refractivity contribution in [2.45, 2.75) is 13.0 Å². The van der Waals surface area contributed by atoms with E-state index in [0.717, 1.165) is 0 Å². The third-order valence-electron chi connectivity index (χ3n) is 1.99. The van der Waals surface area contributed by atoms with Gasteiger partial charge in [0, 0.05) is 12.7 Å². The Morgan fingerprint density at radius 3 is 3.13 bits per heavy atom. The Morgan fingerprint density at radius 1 is 1.60 bits per heavy atom. The first kappa shape index (κ1) is 9.51. The van der Waals surface area contributed by atoms with Gasteiger partial charge in [-0.3, -0.25) is 4.79 Å². The van der Waals surface area contributed by atoms with Crippen LogP contribution in [0, 0.1) is 0 Å². The third kappa shape index (κ3) is 2.25. The largest absolute Gasteiger partial charge is 0.481 e. The molecule has 0 aliphatic carbocycles. The molecular formula is C10H10N2O3. The van der Waals surface area contributed by atoms with Crippen molar-refractivity contribution >= 4 is 5.97 Å². The van der Waals surface area contributed by atoms with E-state index < -0.39 is 5.97 Å². The van der Waals surface area contributed by atoms with Gasteiger partial charge in [0.05, 0.1) is 19.0 Å². The molecule has 5 nitrogen and oxygen atoms in total. The summed E-state index contributed by atoms with van der Waals surface area (Å²) >= 11 is 0. The fourth-order valence-electron chi connectivity index (χ4n) is 1.26. The van der Waals surface area contributed by atoms with Gasteiger partial charge in [-0.1, -0.05) is 0 Å². The lowest BCUT2D eigenvalue weighted by atomic mass is 10.3. The molecule has 1 N–H and O–H groups in total. The molecule has 0 fully saturated rings. The monoisotopic (exact) mass is 206 g/mol. The van der Waals surface area contributed by atoms with E-state index in [4.69, 9.17) is 9.52 Å². The molecule has 15 heavy (non-hydrogen) atoms. The second kappa shape index (κ2) is 4.00. The number of furan rings is 1. The first-order valence-corrected chi connectivity index (χ1v) is 4.53. The number of carboxylic acid groups (broad SMARTS) is 1. The molecule has 0 aliphatic heterocycles. The summed E-state index contributed by atoms with van der Waals surface area (Å²) in [5.41, 5.74) is 0.713. The zero-order valence-corrected chi connectivity index (χ0v) is 7.96. The van der Waals surface area contributed by atoms with Gasteiger partial charge in [0.15, 0.2) is 5.76 Å². The summed E-state index contributed by atoms with van der Waals surface area (Å²) in [7, 11) is 0. The zero-order chi connectivity index (χ0) is 10.7. The van der Waals surface area contributed by atoms with Gasteiger partial charge in [0.1, 0.15) is 5.69 Å². The molecule has 2 rings (SSSR count). The van der Waals surface area contributed by atoms with E-state index in [2.05, 4.69) is 4.98 Å². The fraction of sp³-hybridized carbons (Fsp3) is 0.200. The SMILES string of the molecule is O=C(O)CCn1cnc(-c2ccco2)c1. The number of carboxylic acids is 1. The van der Waals surface area contributed by atoms with Gasteiger partial charge >= 0.3 is 5.97 Å². The van der Waals surface area contributed by atoms with Crippen molar-refractivity contribution in [3.8, 4) is 11.5 Å². The van der Waals surface area contributed by atoms with Crippen molar-refractivity contribution in [2.24, 2.45) is 0 Å². The topological polar surface area (TPSA) is 68.3 Å². The van der Waals surface area contributed by atoms with E-state index in [1.165, 1.54) is 0 Å². The number of imidazole rings is 1. The van der Waals surface area contributed by atoms with Crippen LogP contribution in [-0.4, -0.2) is 20.6 Å². The Morgan fingerprint density at radius 2 is 2.47 bits per heavy atom. The Hall–Kier alpha value is -2.04. The highest BCUT2D eigenvalue weighted by Gasteiger charge is 2.05. The van der Waals surface area contributed by atoms with Gasteiger partial charge in [0.25, 0.3) is 0 Å². The molecule has 0 radical (unpaired) electrons. The number of aromatic nitrogens is 2. The lowest BCUT2D eigenvalue weighted by Gasteiger charge is -1.96. The first-order chi connectivity index (χ1) is 7.25. The van der Waals surface area contributed by atoms with Crippen LogP contribution in [0.4, 0.5) is 0 Å². The van der Waals surface area contributed by atoms with Crippen LogP contribution in [0.3, 0.4) is 0 Å². The van der Waals surface area contributed by atoms with Crippen molar-refractivity contribution in [1.29, 1.82) is 0 Å². The van der Waals surface area contributed by atoms with Gasteiger partial charge < -0.3 is 14.1 Å². The fourth-order valence-corrected chi connectivity index (χ4v) is 1.26. The van der Waals surface area contributed by atoms with Crippen molar-refractivity contribution in [3.63, 3.8) is 0 Å². The Labute approximate surface area is 86.0 Å². The molecule has 2 aromatic rings. The minimum atomic E-state index is -0.816. The van der Waals surface area contributed by atoms with Crippen LogP contribution in [0.1, 0.15) is 6.42 Å². The highest BCUT2D eigenvalue weighted by Crippen LogP contribution is 2.16. The van der Waals surface area contributed by atoms with Gasteiger partial charge in [-0.25, -0.2) is 4.98 Å². The summed E-state index contributed by atoms with van der Waals surface area (Å²) in [6.45, 7) is 0.420. The highest BCUT2D eigenvalue weighted by atomic mass is 16.4. The standard InChI is InChI=1S/C10H10N2O3/c13-10(14)3-4-12-6-8(11-7-12)9-2-1-5-15-9/h1-2,5-7H,3-4H2,(H,13,14). The number of aliphatic carboxylic acids is 1. The summed E-state index contributed by atoms with van der Waals surface area (Å²) in [4.78, 5) is 14.5. The number of carbonyl (C=O) groups is 1. The maximum Gasteiger partial charge on any atom is 0.305 e. The maximum atomic E-state index is 10.4.